The molecule has 0 spiro atoms. The normalized spacial score (nSPS) is 26.7. The Morgan fingerprint density at radius 2 is 2.08 bits per heavy atom. The molecule has 3 nitrogen and oxygen atoms in total. The number of hydrogen-bond donors (Lipinski definition) is 2. The van der Waals surface area contributed by atoms with Gasteiger partial charge in [-0.05, 0) is 81.7 Å². The van der Waals surface area contributed by atoms with Crippen molar-refractivity contribution in [3.8, 4) is 0 Å². The van der Waals surface area contributed by atoms with E-state index in [0.717, 1.165) is 27.8 Å². The number of hydrogen-bond acceptors (Lipinski definition) is 3. The molecule has 0 aliphatic heterocycles. The van der Waals surface area contributed by atoms with Gasteiger partial charge in [-0.2, -0.15) is 0 Å². The Balaban J connectivity index is 1.89. The van der Waals surface area contributed by atoms with Gasteiger partial charge in [-0.15, -0.1) is 0 Å². The van der Waals surface area contributed by atoms with Crippen molar-refractivity contribution in [2.24, 2.45) is 0 Å². The van der Waals surface area contributed by atoms with Crippen molar-refractivity contribution in [3.05, 3.63) is 51.9 Å². The van der Waals surface area contributed by atoms with E-state index in [4.69, 9.17) is 6.11 Å². The lowest BCUT2D eigenvalue weighted by atomic mass is 9.83. The van der Waals surface area contributed by atoms with Crippen LogP contribution in [-0.2, 0) is 11.2 Å². The zero-order chi connectivity index (χ0) is 20.0. The van der Waals surface area contributed by atoms with E-state index < -0.39 is 17.8 Å². The molecule has 2 aliphatic rings. The van der Waals surface area contributed by atoms with Crippen LogP contribution < -0.4 is 0 Å². The topological polar surface area (TPSA) is 49.7 Å². The highest BCUT2D eigenvalue weighted by molar-refractivity contribution is 5.84. The smallest absolute Gasteiger partial charge is 0.129 e. The number of fused-ring (bicyclic) bond motifs is 1. The number of halogens is 1. The molecule has 0 aromatic heterocycles. The fourth-order valence-corrected chi connectivity index (χ4v) is 3.94. The molecule has 0 amide bonds. The van der Waals surface area contributed by atoms with Gasteiger partial charge in [0.1, 0.15) is 5.82 Å². The third-order valence-electron chi connectivity index (χ3n) is 5.21. The molecule has 0 saturated heterocycles. The van der Waals surface area contributed by atoms with Crippen LogP contribution in [0.2, 0.25) is 0 Å². The average Bonchev–Trinajstić information content (AvgIpc) is 2.90. The van der Waals surface area contributed by atoms with E-state index in [2.05, 4.69) is 0 Å². The summed E-state index contributed by atoms with van der Waals surface area (Å²) in [7, 11) is 0. The summed E-state index contributed by atoms with van der Waals surface area (Å²) in [5.74, 6) is -0.348. The number of aliphatic hydroxyl groups is 2. The Morgan fingerprint density at radius 3 is 2.73 bits per heavy atom. The van der Waals surface area contributed by atoms with Gasteiger partial charge in [0.2, 0.25) is 0 Å². The van der Waals surface area contributed by atoms with Crippen LogP contribution in [-0.4, -0.2) is 28.5 Å². The van der Waals surface area contributed by atoms with Gasteiger partial charge in [0.15, 0.2) is 0 Å². The van der Waals surface area contributed by atoms with Gasteiger partial charge in [0, 0.05) is 5.56 Å². The van der Waals surface area contributed by atoms with Crippen LogP contribution in [0.5, 0.6) is 0 Å². The molecule has 2 atom stereocenters. The van der Waals surface area contributed by atoms with E-state index in [0.29, 0.717) is 37.9 Å². The summed E-state index contributed by atoms with van der Waals surface area (Å²) in [4.78, 5) is 0. The minimum absolute atomic E-state index is 0.303. The van der Waals surface area contributed by atoms with E-state index >= 15 is 0 Å². The highest BCUT2D eigenvalue weighted by Gasteiger charge is 2.29. The van der Waals surface area contributed by atoms with Crippen molar-refractivity contribution < 1.29 is 20.7 Å². The summed E-state index contributed by atoms with van der Waals surface area (Å²) in [5, 5.41) is 20.0. The van der Waals surface area contributed by atoms with Crippen LogP contribution in [0.25, 0.3) is 5.57 Å². The number of aliphatic hydroxyl groups excluding tert-OH is 1. The molecule has 1 unspecified atom stereocenters. The molecular weight excluding hydrogens is 331 g/mol. The molecule has 0 fully saturated rings. The number of rotatable bonds is 5. The second kappa shape index (κ2) is 7.26. The highest BCUT2D eigenvalue weighted by atomic mass is 19.1. The van der Waals surface area contributed by atoms with Gasteiger partial charge in [0.25, 0.3) is 0 Å². The molecule has 0 bridgehead atoms. The molecule has 2 N–H and O–H groups in total. The van der Waals surface area contributed by atoms with Crippen molar-refractivity contribution >= 4 is 5.57 Å². The first kappa shape index (κ1) is 17.9. The summed E-state index contributed by atoms with van der Waals surface area (Å²) in [6.45, 7) is 7.68. The van der Waals surface area contributed by atoms with Gasteiger partial charge in [-0.25, -0.2) is 4.39 Å². The monoisotopic (exact) mass is 361 g/mol. The lowest BCUT2D eigenvalue weighted by Crippen LogP contribution is -2.24. The fourth-order valence-electron chi connectivity index (χ4n) is 3.94. The van der Waals surface area contributed by atoms with E-state index in [-0.39, 0.29) is 5.82 Å². The van der Waals surface area contributed by atoms with E-state index in [1.807, 2.05) is 13.8 Å². The van der Waals surface area contributed by atoms with Gasteiger partial charge >= 0.3 is 0 Å². The van der Waals surface area contributed by atoms with Crippen LogP contribution >= 0.6 is 0 Å². The Labute approximate surface area is 156 Å². The lowest BCUT2D eigenvalue weighted by Gasteiger charge is -2.27. The van der Waals surface area contributed by atoms with Gasteiger partial charge in [-0.1, -0.05) is 17.7 Å². The maximum absolute atomic E-state index is 14.2. The fraction of sp³-hybridized carbons (Fsp3) is 0.545. The van der Waals surface area contributed by atoms with E-state index in [9.17, 15) is 14.6 Å². The number of benzene rings is 1. The summed E-state index contributed by atoms with van der Waals surface area (Å²) in [6.07, 6.45) is 1.98. The Morgan fingerprint density at radius 1 is 1.35 bits per heavy atom. The molecule has 4 heteroatoms. The molecule has 2 aliphatic carbocycles. The average molecular weight is 361 g/mol. The van der Waals surface area contributed by atoms with Crippen molar-refractivity contribution in [1.82, 2.24) is 0 Å². The van der Waals surface area contributed by atoms with Crippen molar-refractivity contribution in [3.63, 3.8) is 0 Å². The second-order valence-corrected chi connectivity index (χ2v) is 8.08. The van der Waals surface area contributed by atoms with Crippen LogP contribution in [0.15, 0.2) is 29.4 Å². The van der Waals surface area contributed by atoms with E-state index in [1.165, 1.54) is 6.07 Å². The molecule has 3 rings (SSSR count). The van der Waals surface area contributed by atoms with E-state index in [1.54, 1.807) is 26.0 Å². The lowest BCUT2D eigenvalue weighted by molar-refractivity contribution is 0.0122. The number of ether oxygens (including phenoxy) is 1. The minimum atomic E-state index is -1.16. The van der Waals surface area contributed by atoms with Crippen LogP contribution in [0.3, 0.4) is 0 Å². The predicted molar refractivity (Wildman–Crippen MR) is 101 cm³/mol. The quantitative estimate of drug-likeness (QED) is 0.813. The summed E-state index contributed by atoms with van der Waals surface area (Å²) < 4.78 is 28.6. The Kier molecular flexibility index (Phi) is 5.00. The van der Waals surface area contributed by atoms with Crippen LogP contribution in [0.4, 0.5) is 4.39 Å². The highest BCUT2D eigenvalue weighted by Crippen LogP contribution is 2.42. The molecule has 0 saturated carbocycles. The third kappa shape index (κ3) is 3.93. The van der Waals surface area contributed by atoms with Gasteiger partial charge in [0.05, 0.1) is 25.8 Å². The first-order chi connectivity index (χ1) is 12.5. The van der Waals surface area contributed by atoms with Gasteiger partial charge in [-0.3, -0.25) is 0 Å². The van der Waals surface area contributed by atoms with Crippen molar-refractivity contribution in [1.29, 1.82) is 0 Å². The third-order valence-corrected chi connectivity index (χ3v) is 5.21. The molecule has 26 heavy (non-hydrogen) atoms. The zero-order valence-corrected chi connectivity index (χ0v) is 16.0. The zero-order valence-electron chi connectivity index (χ0n) is 17.0. The SMILES string of the molecule is [2H]C1(OCCC(C)(C)O)C=C(C)C(c2ccc(F)c3c2CC[C@@H]3O)=C(C)C1. The summed E-state index contributed by atoms with van der Waals surface area (Å²) in [6, 6.07) is 3.22. The maximum atomic E-state index is 14.2. The minimum Gasteiger partial charge on any atom is -0.390 e. The first-order valence-corrected chi connectivity index (χ1v) is 9.26. The molecular formula is C22H29FO3. The summed E-state index contributed by atoms with van der Waals surface area (Å²) >= 11 is 0. The summed E-state index contributed by atoms with van der Waals surface area (Å²) in [5.41, 5.74) is 4.39. The molecule has 142 valence electrons. The number of allylic oxidation sites excluding steroid dienone is 2. The van der Waals surface area contributed by atoms with Crippen molar-refractivity contribution in [2.45, 2.75) is 71.2 Å². The molecule has 1 aromatic rings. The molecule has 0 radical (unpaired) electrons. The maximum Gasteiger partial charge on any atom is 0.129 e. The predicted octanol–water partition coefficient (Wildman–Crippen LogP) is 4.48. The standard InChI is InChI=1S/C22H29FO3/c1-13-11-15(26-10-9-22(3,4)25)12-14(2)20(13)16-5-7-18(23)21-17(16)6-8-19(21)24/h5,7,11,15,19,24-25H,6,8-10,12H2,1-4H3/t15?,19-/m0/s1/i15D. The van der Waals surface area contributed by atoms with Crippen LogP contribution in [0, 0.1) is 5.82 Å². The molecule has 1 aromatic carbocycles. The molecule has 0 heterocycles. The largest absolute Gasteiger partial charge is 0.390 e. The first-order valence-electron chi connectivity index (χ1n) is 9.76. The van der Waals surface area contributed by atoms with Crippen molar-refractivity contribution in [2.75, 3.05) is 6.61 Å². The Bertz CT molecular complexity index is 807. The second-order valence-electron chi connectivity index (χ2n) is 8.08. The Hall–Kier alpha value is -1.49. The van der Waals surface area contributed by atoms with Gasteiger partial charge < -0.3 is 14.9 Å². The van der Waals surface area contributed by atoms with Crippen LogP contribution in [0.1, 0.15) is 71.1 Å².